The van der Waals surface area contributed by atoms with Crippen molar-refractivity contribution in [2.45, 2.75) is 0 Å². The van der Waals surface area contributed by atoms with Gasteiger partial charge in [0.1, 0.15) is 0 Å². The number of nitrogens with zero attached hydrogens (tertiary/aromatic N) is 2. The molecule has 0 saturated carbocycles. The van der Waals surface area contributed by atoms with Crippen LogP contribution in [0.4, 0.5) is 10.8 Å². The zero-order valence-electron chi connectivity index (χ0n) is 14.4. The van der Waals surface area contributed by atoms with Gasteiger partial charge < -0.3 is 14.8 Å². The van der Waals surface area contributed by atoms with Crippen LogP contribution in [-0.2, 0) is 0 Å². The minimum atomic E-state index is 0.686. The summed E-state index contributed by atoms with van der Waals surface area (Å²) in [4.78, 5) is 9.16. The highest BCUT2D eigenvalue weighted by Crippen LogP contribution is 2.34. The molecule has 2 aromatic carbocycles. The van der Waals surface area contributed by atoms with Crippen molar-refractivity contribution in [3.63, 3.8) is 0 Å². The first kappa shape index (κ1) is 16.4. The molecule has 0 bridgehead atoms. The lowest BCUT2D eigenvalue weighted by Crippen LogP contribution is -1.93. The molecule has 4 aromatic rings. The maximum absolute atomic E-state index is 5.38. The number of para-hydroxylation sites is 1. The Balaban J connectivity index is 1.64. The first-order valence-corrected chi connectivity index (χ1v) is 8.95. The number of fused-ring (bicyclic) bond motifs is 1. The Labute approximate surface area is 155 Å². The summed E-state index contributed by atoms with van der Waals surface area (Å²) in [6.07, 6.45) is 1.80. The van der Waals surface area contributed by atoms with E-state index in [2.05, 4.69) is 10.3 Å². The van der Waals surface area contributed by atoms with Gasteiger partial charge in [0.25, 0.3) is 0 Å². The van der Waals surface area contributed by atoms with Crippen LogP contribution in [0.1, 0.15) is 0 Å². The lowest BCUT2D eigenvalue weighted by molar-refractivity contribution is 0.355. The Kier molecular flexibility index (Phi) is 4.41. The molecular formula is C20H17N3O2S. The van der Waals surface area contributed by atoms with Crippen LogP contribution in [0.15, 0.2) is 60.1 Å². The van der Waals surface area contributed by atoms with E-state index in [0.29, 0.717) is 11.5 Å². The Morgan fingerprint density at radius 2 is 1.81 bits per heavy atom. The maximum atomic E-state index is 5.38. The minimum Gasteiger partial charge on any atom is -0.493 e. The van der Waals surface area contributed by atoms with Crippen LogP contribution in [-0.4, -0.2) is 24.2 Å². The van der Waals surface area contributed by atoms with E-state index in [1.807, 2.05) is 53.9 Å². The molecule has 0 fully saturated rings. The SMILES string of the molecule is COc1ccc(-c2csc(Nc3cccc4cccnc34)n2)cc1OC. The van der Waals surface area contributed by atoms with Crippen molar-refractivity contribution in [2.75, 3.05) is 19.5 Å². The number of methoxy groups -OCH3 is 2. The van der Waals surface area contributed by atoms with Crippen molar-refractivity contribution in [3.05, 3.63) is 60.1 Å². The number of aromatic nitrogens is 2. The van der Waals surface area contributed by atoms with Crippen molar-refractivity contribution in [3.8, 4) is 22.8 Å². The molecule has 0 saturated heterocycles. The lowest BCUT2D eigenvalue weighted by Gasteiger charge is -2.08. The van der Waals surface area contributed by atoms with Gasteiger partial charge in [-0.2, -0.15) is 0 Å². The molecular weight excluding hydrogens is 346 g/mol. The second-order valence-electron chi connectivity index (χ2n) is 5.61. The van der Waals surface area contributed by atoms with Crippen molar-refractivity contribution >= 4 is 33.1 Å². The van der Waals surface area contributed by atoms with Crippen LogP contribution in [0.25, 0.3) is 22.2 Å². The standard InChI is InChI=1S/C20H17N3O2S/c1-24-17-9-8-14(11-18(17)25-2)16-12-26-20(23-16)22-15-7-3-5-13-6-4-10-21-19(13)15/h3-12H,1-2H3,(H,22,23). The Morgan fingerprint density at radius 1 is 0.962 bits per heavy atom. The van der Waals surface area contributed by atoms with Crippen LogP contribution >= 0.6 is 11.3 Å². The summed E-state index contributed by atoms with van der Waals surface area (Å²) < 4.78 is 10.7. The number of ether oxygens (including phenoxy) is 2. The molecule has 0 atom stereocenters. The van der Waals surface area contributed by atoms with Gasteiger partial charge in [0.05, 0.1) is 31.1 Å². The van der Waals surface area contributed by atoms with E-state index in [4.69, 9.17) is 14.5 Å². The van der Waals surface area contributed by atoms with Gasteiger partial charge in [-0.1, -0.05) is 18.2 Å². The molecule has 2 heterocycles. The smallest absolute Gasteiger partial charge is 0.187 e. The number of hydrogen-bond acceptors (Lipinski definition) is 6. The molecule has 0 aliphatic carbocycles. The Hall–Kier alpha value is -3.12. The maximum Gasteiger partial charge on any atom is 0.187 e. The summed E-state index contributed by atoms with van der Waals surface area (Å²) in [5.41, 5.74) is 3.73. The van der Waals surface area contributed by atoms with Crippen molar-refractivity contribution in [1.29, 1.82) is 0 Å². The molecule has 6 heteroatoms. The topological polar surface area (TPSA) is 56.3 Å². The average Bonchev–Trinajstić information content (AvgIpc) is 3.16. The second kappa shape index (κ2) is 7.01. The number of anilines is 2. The first-order chi connectivity index (χ1) is 12.8. The molecule has 2 aromatic heterocycles. The molecule has 0 amide bonds. The Bertz CT molecular complexity index is 1060. The van der Waals surface area contributed by atoms with Crippen LogP contribution in [0.5, 0.6) is 11.5 Å². The van der Waals surface area contributed by atoms with Gasteiger partial charge >= 0.3 is 0 Å². The highest BCUT2D eigenvalue weighted by Gasteiger charge is 2.10. The van der Waals surface area contributed by atoms with E-state index in [-0.39, 0.29) is 0 Å². The molecule has 4 rings (SSSR count). The van der Waals surface area contributed by atoms with Gasteiger partial charge in [-0.3, -0.25) is 4.98 Å². The van der Waals surface area contributed by atoms with Crippen molar-refractivity contribution < 1.29 is 9.47 Å². The summed E-state index contributed by atoms with van der Waals surface area (Å²) in [5, 5.41) is 7.30. The highest BCUT2D eigenvalue weighted by atomic mass is 32.1. The number of benzene rings is 2. The zero-order valence-corrected chi connectivity index (χ0v) is 15.2. The quantitative estimate of drug-likeness (QED) is 0.533. The van der Waals surface area contributed by atoms with E-state index in [0.717, 1.165) is 33.0 Å². The van der Waals surface area contributed by atoms with Crippen LogP contribution in [0, 0.1) is 0 Å². The number of pyridine rings is 1. The fourth-order valence-corrected chi connectivity index (χ4v) is 3.51. The molecule has 0 spiro atoms. The van der Waals surface area contributed by atoms with Gasteiger partial charge in [0.15, 0.2) is 16.6 Å². The average molecular weight is 363 g/mol. The number of rotatable bonds is 5. The minimum absolute atomic E-state index is 0.686. The fourth-order valence-electron chi connectivity index (χ4n) is 2.78. The summed E-state index contributed by atoms with van der Waals surface area (Å²) in [6, 6.07) is 15.8. The van der Waals surface area contributed by atoms with Gasteiger partial charge in [0.2, 0.25) is 0 Å². The summed E-state index contributed by atoms with van der Waals surface area (Å²) in [5.74, 6) is 1.39. The summed E-state index contributed by atoms with van der Waals surface area (Å²) >= 11 is 1.55. The van der Waals surface area contributed by atoms with E-state index in [1.54, 1.807) is 31.8 Å². The monoisotopic (exact) mass is 363 g/mol. The molecule has 0 radical (unpaired) electrons. The molecule has 5 nitrogen and oxygen atoms in total. The van der Waals surface area contributed by atoms with E-state index in [9.17, 15) is 0 Å². The molecule has 26 heavy (non-hydrogen) atoms. The largest absolute Gasteiger partial charge is 0.493 e. The zero-order chi connectivity index (χ0) is 17.9. The van der Waals surface area contributed by atoms with Gasteiger partial charge in [0, 0.05) is 22.5 Å². The molecule has 130 valence electrons. The fraction of sp³-hybridized carbons (Fsp3) is 0.100. The van der Waals surface area contributed by atoms with E-state index < -0.39 is 0 Å². The second-order valence-corrected chi connectivity index (χ2v) is 6.47. The van der Waals surface area contributed by atoms with Crippen LogP contribution < -0.4 is 14.8 Å². The van der Waals surface area contributed by atoms with E-state index >= 15 is 0 Å². The lowest BCUT2D eigenvalue weighted by atomic mass is 10.1. The predicted octanol–water partition coefficient (Wildman–Crippen LogP) is 5.12. The molecule has 0 aliphatic rings. The third-order valence-corrected chi connectivity index (χ3v) is 4.82. The van der Waals surface area contributed by atoms with Crippen LogP contribution in [0.3, 0.4) is 0 Å². The molecule has 1 N–H and O–H groups in total. The van der Waals surface area contributed by atoms with Gasteiger partial charge in [-0.15, -0.1) is 11.3 Å². The van der Waals surface area contributed by atoms with Crippen molar-refractivity contribution in [2.24, 2.45) is 0 Å². The third-order valence-electron chi connectivity index (χ3n) is 4.06. The molecule has 0 unspecified atom stereocenters. The number of thiazole rings is 1. The normalized spacial score (nSPS) is 10.7. The number of nitrogens with one attached hydrogen (secondary N) is 1. The number of hydrogen-bond donors (Lipinski definition) is 1. The first-order valence-electron chi connectivity index (χ1n) is 8.07. The van der Waals surface area contributed by atoms with Crippen LogP contribution in [0.2, 0.25) is 0 Å². The van der Waals surface area contributed by atoms with E-state index in [1.165, 1.54) is 0 Å². The highest BCUT2D eigenvalue weighted by molar-refractivity contribution is 7.14. The summed E-state index contributed by atoms with van der Waals surface area (Å²) in [6.45, 7) is 0. The predicted molar refractivity (Wildman–Crippen MR) is 106 cm³/mol. The molecule has 0 aliphatic heterocycles. The van der Waals surface area contributed by atoms with Gasteiger partial charge in [-0.25, -0.2) is 4.98 Å². The Morgan fingerprint density at radius 3 is 2.65 bits per heavy atom. The van der Waals surface area contributed by atoms with Gasteiger partial charge in [-0.05, 0) is 30.3 Å². The van der Waals surface area contributed by atoms with Crippen molar-refractivity contribution in [1.82, 2.24) is 9.97 Å². The third kappa shape index (κ3) is 3.07. The summed E-state index contributed by atoms with van der Waals surface area (Å²) in [7, 11) is 3.25.